The number of nitriles is 2. The Hall–Kier alpha value is -1.68. The van der Waals surface area contributed by atoms with E-state index in [9.17, 15) is 9.59 Å². The summed E-state index contributed by atoms with van der Waals surface area (Å²) in [6.45, 7) is 1.37. The molecule has 0 saturated heterocycles. The molecule has 0 N–H and O–H groups in total. The van der Waals surface area contributed by atoms with Crippen LogP contribution in [0.4, 0.5) is 0 Å². The quantitative estimate of drug-likeness (QED) is 0.569. The van der Waals surface area contributed by atoms with Crippen molar-refractivity contribution in [1.82, 2.24) is 0 Å². The van der Waals surface area contributed by atoms with Crippen LogP contribution < -0.4 is 0 Å². The Morgan fingerprint density at radius 2 is 2.00 bits per heavy atom. The van der Waals surface area contributed by atoms with Crippen LogP contribution in [0.25, 0.3) is 0 Å². The molecule has 0 rings (SSSR count). The third-order valence-corrected chi connectivity index (χ3v) is 1.33. The van der Waals surface area contributed by atoms with Crippen LogP contribution in [0, 0.1) is 28.6 Å². The molecular formula is C8H8N2O2. The number of hydrogen-bond donors (Lipinski definition) is 0. The van der Waals surface area contributed by atoms with Crippen molar-refractivity contribution in [3.63, 3.8) is 0 Å². The topological polar surface area (TPSA) is 81.7 Å². The van der Waals surface area contributed by atoms with Gasteiger partial charge in [-0.2, -0.15) is 10.5 Å². The first kappa shape index (κ1) is 10.3. The molecule has 4 nitrogen and oxygen atoms in total. The van der Waals surface area contributed by atoms with Crippen molar-refractivity contribution in [3.8, 4) is 12.1 Å². The zero-order valence-corrected chi connectivity index (χ0v) is 6.70. The average Bonchev–Trinajstić information content (AvgIpc) is 2.11. The zero-order valence-electron chi connectivity index (χ0n) is 6.70. The van der Waals surface area contributed by atoms with E-state index in [2.05, 4.69) is 0 Å². The van der Waals surface area contributed by atoms with E-state index in [0.29, 0.717) is 0 Å². The Morgan fingerprint density at radius 1 is 1.42 bits per heavy atom. The van der Waals surface area contributed by atoms with Crippen molar-refractivity contribution in [2.75, 3.05) is 0 Å². The molecule has 1 atom stereocenters. The lowest BCUT2D eigenvalue weighted by Gasteiger charge is -1.97. The largest absolute Gasteiger partial charge is 0.291 e. The van der Waals surface area contributed by atoms with E-state index in [1.54, 1.807) is 12.1 Å². The number of carbonyl (C=O) groups is 2. The van der Waals surface area contributed by atoms with Crippen molar-refractivity contribution in [3.05, 3.63) is 0 Å². The molecule has 0 aromatic heterocycles. The van der Waals surface area contributed by atoms with Crippen LogP contribution in [0.2, 0.25) is 0 Å². The van der Waals surface area contributed by atoms with Crippen LogP contribution in [0.15, 0.2) is 0 Å². The van der Waals surface area contributed by atoms with Crippen LogP contribution in [0.1, 0.15) is 19.8 Å². The lowest BCUT2D eigenvalue weighted by atomic mass is 10.0. The standard InChI is InChI=1S/C8H8N2O2/c1-6(5-10)8(12)7(11)3-2-4-9/h6H,2-3H2,1H3. The molecule has 0 amide bonds. The first-order valence-corrected chi connectivity index (χ1v) is 3.47. The monoisotopic (exact) mass is 164 g/mol. The second-order valence-electron chi connectivity index (χ2n) is 2.30. The zero-order chi connectivity index (χ0) is 9.56. The maximum atomic E-state index is 10.9. The fourth-order valence-electron chi connectivity index (χ4n) is 0.593. The summed E-state index contributed by atoms with van der Waals surface area (Å²) in [6, 6.07) is 3.42. The van der Waals surface area contributed by atoms with Gasteiger partial charge in [0.15, 0.2) is 0 Å². The third-order valence-electron chi connectivity index (χ3n) is 1.33. The fraction of sp³-hybridized carbons (Fsp3) is 0.500. The predicted octanol–water partition coefficient (Wildman–Crippen LogP) is 0.588. The second-order valence-corrected chi connectivity index (χ2v) is 2.30. The first-order chi connectivity index (χ1) is 5.63. The van der Waals surface area contributed by atoms with Gasteiger partial charge in [-0.1, -0.05) is 0 Å². The molecule has 0 aromatic carbocycles. The molecule has 0 aromatic rings. The van der Waals surface area contributed by atoms with Crippen molar-refractivity contribution in [2.45, 2.75) is 19.8 Å². The average molecular weight is 164 g/mol. The highest BCUT2D eigenvalue weighted by molar-refractivity contribution is 6.38. The van der Waals surface area contributed by atoms with Crippen LogP contribution in [-0.4, -0.2) is 11.6 Å². The molecule has 0 aliphatic carbocycles. The Balaban J connectivity index is 4.06. The van der Waals surface area contributed by atoms with Gasteiger partial charge in [-0.3, -0.25) is 9.59 Å². The minimum Gasteiger partial charge on any atom is -0.291 e. The highest BCUT2D eigenvalue weighted by Gasteiger charge is 2.19. The lowest BCUT2D eigenvalue weighted by molar-refractivity contribution is -0.137. The highest BCUT2D eigenvalue weighted by atomic mass is 16.2. The molecule has 62 valence electrons. The number of nitrogens with zero attached hydrogens (tertiary/aromatic N) is 2. The smallest absolute Gasteiger partial charge is 0.215 e. The van der Waals surface area contributed by atoms with Gasteiger partial charge in [0, 0.05) is 12.8 Å². The molecular weight excluding hydrogens is 156 g/mol. The van der Waals surface area contributed by atoms with Gasteiger partial charge in [0.2, 0.25) is 11.6 Å². The Kier molecular flexibility index (Phi) is 4.33. The van der Waals surface area contributed by atoms with Crippen LogP contribution in [0.5, 0.6) is 0 Å². The summed E-state index contributed by atoms with van der Waals surface area (Å²) >= 11 is 0. The molecule has 0 spiro atoms. The molecule has 0 radical (unpaired) electrons. The van der Waals surface area contributed by atoms with E-state index in [1.165, 1.54) is 6.92 Å². The van der Waals surface area contributed by atoms with E-state index in [0.717, 1.165) is 0 Å². The van der Waals surface area contributed by atoms with Gasteiger partial charge in [0.1, 0.15) is 5.92 Å². The molecule has 1 unspecified atom stereocenters. The summed E-state index contributed by atoms with van der Waals surface area (Å²) in [7, 11) is 0. The van der Waals surface area contributed by atoms with Gasteiger partial charge >= 0.3 is 0 Å². The van der Waals surface area contributed by atoms with Crippen molar-refractivity contribution < 1.29 is 9.59 Å². The van der Waals surface area contributed by atoms with Gasteiger partial charge in [-0.25, -0.2) is 0 Å². The number of carbonyl (C=O) groups excluding carboxylic acids is 2. The Morgan fingerprint density at radius 3 is 2.42 bits per heavy atom. The summed E-state index contributed by atoms with van der Waals surface area (Å²) in [5, 5.41) is 16.4. The summed E-state index contributed by atoms with van der Waals surface area (Å²) in [5.41, 5.74) is 0. The fourth-order valence-corrected chi connectivity index (χ4v) is 0.593. The van der Waals surface area contributed by atoms with E-state index in [1.807, 2.05) is 0 Å². The van der Waals surface area contributed by atoms with Gasteiger partial charge in [-0.05, 0) is 6.92 Å². The normalized spacial score (nSPS) is 10.9. The number of hydrogen-bond acceptors (Lipinski definition) is 4. The number of Topliss-reactive ketones (excluding diaryl/α,β-unsaturated/α-hetero) is 2. The molecule has 0 fully saturated rings. The van der Waals surface area contributed by atoms with Gasteiger partial charge in [0.05, 0.1) is 12.1 Å². The van der Waals surface area contributed by atoms with E-state index in [-0.39, 0.29) is 12.8 Å². The lowest BCUT2D eigenvalue weighted by Crippen LogP contribution is -2.20. The van der Waals surface area contributed by atoms with Crippen LogP contribution in [-0.2, 0) is 9.59 Å². The second kappa shape index (κ2) is 5.03. The molecule has 4 heteroatoms. The van der Waals surface area contributed by atoms with Crippen molar-refractivity contribution in [2.24, 2.45) is 5.92 Å². The van der Waals surface area contributed by atoms with Crippen molar-refractivity contribution >= 4 is 11.6 Å². The third kappa shape index (κ3) is 2.94. The summed E-state index contributed by atoms with van der Waals surface area (Å²) in [4.78, 5) is 21.7. The Bertz CT molecular complexity index is 270. The van der Waals surface area contributed by atoms with Crippen molar-refractivity contribution in [1.29, 1.82) is 10.5 Å². The summed E-state index contributed by atoms with van der Waals surface area (Å²) in [6.07, 6.45) is -0.0515. The minimum absolute atomic E-state index is 0.0305. The van der Waals surface area contributed by atoms with Gasteiger partial charge < -0.3 is 0 Å². The highest BCUT2D eigenvalue weighted by Crippen LogP contribution is 1.99. The van der Waals surface area contributed by atoms with Gasteiger partial charge in [0.25, 0.3) is 0 Å². The van der Waals surface area contributed by atoms with Crippen LogP contribution in [0.3, 0.4) is 0 Å². The minimum atomic E-state index is -0.892. The molecule has 0 aliphatic heterocycles. The van der Waals surface area contributed by atoms with E-state index < -0.39 is 17.5 Å². The number of rotatable bonds is 4. The predicted molar refractivity (Wildman–Crippen MR) is 39.6 cm³/mol. The molecule has 0 aliphatic rings. The summed E-state index contributed by atoms with van der Waals surface area (Å²) in [5.74, 6) is -2.23. The van der Waals surface area contributed by atoms with E-state index >= 15 is 0 Å². The first-order valence-electron chi connectivity index (χ1n) is 3.47. The SMILES string of the molecule is CC(C#N)C(=O)C(=O)CCC#N. The van der Waals surface area contributed by atoms with Crippen LogP contribution >= 0.6 is 0 Å². The molecule has 12 heavy (non-hydrogen) atoms. The maximum absolute atomic E-state index is 10.9. The van der Waals surface area contributed by atoms with E-state index in [4.69, 9.17) is 10.5 Å². The molecule has 0 saturated carbocycles. The maximum Gasteiger partial charge on any atom is 0.215 e. The van der Waals surface area contributed by atoms with Gasteiger partial charge in [-0.15, -0.1) is 0 Å². The summed E-state index contributed by atoms with van der Waals surface area (Å²) < 4.78 is 0. The molecule has 0 heterocycles. The Labute approximate surface area is 70.4 Å². The molecule has 0 bridgehead atoms. The number of ketones is 2.